The van der Waals surface area contributed by atoms with Crippen LogP contribution in [0.2, 0.25) is 0 Å². The van der Waals surface area contributed by atoms with Gasteiger partial charge in [0.1, 0.15) is 13.2 Å². The number of hydrogen-bond acceptors (Lipinski definition) is 4. The summed E-state index contributed by atoms with van der Waals surface area (Å²) < 4.78 is 11.3. The lowest BCUT2D eigenvalue weighted by Crippen LogP contribution is -2.20. The predicted molar refractivity (Wildman–Crippen MR) is 75.3 cm³/mol. The Morgan fingerprint density at radius 2 is 2.05 bits per heavy atom. The lowest BCUT2D eigenvalue weighted by molar-refractivity contribution is -0.137. The molecule has 1 atom stereocenters. The van der Waals surface area contributed by atoms with E-state index in [4.69, 9.17) is 20.3 Å². The molecule has 0 aromatic heterocycles. The van der Waals surface area contributed by atoms with Crippen molar-refractivity contribution < 1.29 is 19.4 Å². The van der Waals surface area contributed by atoms with Crippen LogP contribution in [0.5, 0.6) is 11.5 Å². The van der Waals surface area contributed by atoms with Gasteiger partial charge >= 0.3 is 5.97 Å². The minimum atomic E-state index is -0.830. The summed E-state index contributed by atoms with van der Waals surface area (Å²) in [5, 5.41) is 8.78. The van der Waals surface area contributed by atoms with Crippen molar-refractivity contribution in [3.05, 3.63) is 23.3 Å². The number of hydrogen-bond donors (Lipinski definition) is 2. The Bertz CT molecular complexity index is 499. The van der Waals surface area contributed by atoms with E-state index in [-0.39, 0.29) is 18.4 Å². The number of carboxylic acid groups (broad SMARTS) is 1. The van der Waals surface area contributed by atoms with Crippen molar-refractivity contribution in [2.24, 2.45) is 5.73 Å². The van der Waals surface area contributed by atoms with Gasteiger partial charge in [0.15, 0.2) is 11.5 Å². The van der Waals surface area contributed by atoms with Gasteiger partial charge in [0.2, 0.25) is 0 Å². The number of carboxylic acids is 1. The molecule has 1 heterocycles. The fraction of sp³-hybridized carbons (Fsp3) is 0.533. The summed E-state index contributed by atoms with van der Waals surface area (Å²) in [6, 6.07) is 3.48. The van der Waals surface area contributed by atoms with Crippen LogP contribution in [0, 0.1) is 0 Å². The van der Waals surface area contributed by atoms with Crippen LogP contribution in [0.15, 0.2) is 12.1 Å². The molecule has 0 fully saturated rings. The molecule has 3 N–H and O–H groups in total. The Balaban J connectivity index is 2.34. The van der Waals surface area contributed by atoms with E-state index < -0.39 is 5.97 Å². The van der Waals surface area contributed by atoms with E-state index in [9.17, 15) is 4.79 Å². The van der Waals surface area contributed by atoms with Gasteiger partial charge in [-0.3, -0.25) is 4.79 Å². The standard InChI is InChI=1S/C15H21NO4/c1-9(2)14-10(11(16)4-6-13(17)18)3-5-12-15(14)20-8-7-19-12/h3,5,9,11H,4,6-8,16H2,1-2H3,(H,17,18). The van der Waals surface area contributed by atoms with Gasteiger partial charge in [-0.25, -0.2) is 0 Å². The molecule has 0 amide bonds. The number of fused-ring (bicyclic) bond motifs is 1. The molecule has 0 bridgehead atoms. The second kappa shape index (κ2) is 6.13. The van der Waals surface area contributed by atoms with E-state index in [2.05, 4.69) is 13.8 Å². The summed E-state index contributed by atoms with van der Waals surface area (Å²) in [5.41, 5.74) is 8.13. The Hall–Kier alpha value is -1.75. The van der Waals surface area contributed by atoms with Crippen molar-refractivity contribution in [3.8, 4) is 11.5 Å². The summed E-state index contributed by atoms with van der Waals surface area (Å²) in [6.07, 6.45) is 0.474. The van der Waals surface area contributed by atoms with Gasteiger partial charge in [0.05, 0.1) is 0 Å². The highest BCUT2D eigenvalue weighted by Gasteiger charge is 2.24. The molecule has 1 unspecified atom stereocenters. The molecule has 1 aromatic rings. The lowest BCUT2D eigenvalue weighted by Gasteiger charge is -2.26. The zero-order chi connectivity index (χ0) is 14.7. The van der Waals surface area contributed by atoms with Gasteiger partial charge in [-0.05, 0) is 24.0 Å². The van der Waals surface area contributed by atoms with Crippen LogP contribution in [-0.4, -0.2) is 24.3 Å². The third-order valence-electron chi connectivity index (χ3n) is 3.43. The minimum absolute atomic E-state index is 0.0626. The Morgan fingerprint density at radius 3 is 2.70 bits per heavy atom. The molecular formula is C15H21NO4. The Morgan fingerprint density at radius 1 is 1.35 bits per heavy atom. The molecule has 110 valence electrons. The molecule has 2 rings (SSSR count). The normalized spacial score (nSPS) is 15.2. The number of ether oxygens (including phenoxy) is 2. The first-order valence-electron chi connectivity index (χ1n) is 6.90. The second-order valence-corrected chi connectivity index (χ2v) is 5.29. The maximum absolute atomic E-state index is 10.7. The van der Waals surface area contributed by atoms with Crippen LogP contribution >= 0.6 is 0 Å². The average Bonchev–Trinajstić information content (AvgIpc) is 2.43. The van der Waals surface area contributed by atoms with Gasteiger partial charge in [0.25, 0.3) is 0 Å². The Kier molecular flexibility index (Phi) is 4.49. The first kappa shape index (κ1) is 14.7. The molecule has 5 heteroatoms. The van der Waals surface area contributed by atoms with Crippen molar-refractivity contribution in [2.75, 3.05) is 13.2 Å². The topological polar surface area (TPSA) is 81.8 Å². The smallest absolute Gasteiger partial charge is 0.303 e. The largest absolute Gasteiger partial charge is 0.486 e. The molecule has 0 saturated carbocycles. The van der Waals surface area contributed by atoms with Gasteiger partial charge in [-0.1, -0.05) is 19.9 Å². The number of benzene rings is 1. The summed E-state index contributed by atoms with van der Waals surface area (Å²) in [7, 11) is 0. The third-order valence-corrected chi connectivity index (χ3v) is 3.43. The van der Waals surface area contributed by atoms with Crippen molar-refractivity contribution >= 4 is 5.97 Å². The maximum atomic E-state index is 10.7. The van der Waals surface area contributed by atoms with E-state index in [0.717, 1.165) is 22.6 Å². The molecular weight excluding hydrogens is 258 g/mol. The van der Waals surface area contributed by atoms with Crippen LogP contribution in [0.25, 0.3) is 0 Å². The first-order valence-corrected chi connectivity index (χ1v) is 6.90. The highest BCUT2D eigenvalue weighted by atomic mass is 16.6. The van der Waals surface area contributed by atoms with Crippen LogP contribution < -0.4 is 15.2 Å². The van der Waals surface area contributed by atoms with Crippen LogP contribution in [0.4, 0.5) is 0 Å². The molecule has 20 heavy (non-hydrogen) atoms. The molecule has 1 aliphatic heterocycles. The Labute approximate surface area is 118 Å². The third kappa shape index (κ3) is 3.04. The summed E-state index contributed by atoms with van der Waals surface area (Å²) in [6.45, 7) is 5.22. The zero-order valence-electron chi connectivity index (χ0n) is 11.9. The van der Waals surface area contributed by atoms with Gasteiger partial charge in [0, 0.05) is 18.0 Å². The summed E-state index contributed by atoms with van der Waals surface area (Å²) >= 11 is 0. The van der Waals surface area contributed by atoms with E-state index >= 15 is 0 Å². The van der Waals surface area contributed by atoms with Crippen LogP contribution in [-0.2, 0) is 4.79 Å². The van der Waals surface area contributed by atoms with Gasteiger partial charge in [-0.15, -0.1) is 0 Å². The fourth-order valence-corrected chi connectivity index (χ4v) is 2.51. The molecule has 0 spiro atoms. The fourth-order valence-electron chi connectivity index (χ4n) is 2.51. The van der Waals surface area contributed by atoms with E-state index in [1.807, 2.05) is 12.1 Å². The lowest BCUT2D eigenvalue weighted by atomic mass is 9.90. The SMILES string of the molecule is CC(C)c1c(C(N)CCC(=O)O)ccc2c1OCCO2. The zero-order valence-corrected chi connectivity index (χ0v) is 11.9. The quantitative estimate of drug-likeness (QED) is 0.865. The molecule has 0 saturated heterocycles. The number of nitrogens with two attached hydrogens (primary N) is 1. The molecule has 1 aliphatic rings. The molecule has 1 aromatic carbocycles. The van der Waals surface area contributed by atoms with Crippen LogP contribution in [0.1, 0.15) is 49.8 Å². The number of carbonyl (C=O) groups is 1. The van der Waals surface area contributed by atoms with Crippen molar-refractivity contribution in [3.63, 3.8) is 0 Å². The molecule has 0 aliphatic carbocycles. The second-order valence-electron chi connectivity index (χ2n) is 5.29. The maximum Gasteiger partial charge on any atom is 0.303 e. The van der Waals surface area contributed by atoms with Crippen molar-refractivity contribution in [1.29, 1.82) is 0 Å². The number of rotatable bonds is 5. The predicted octanol–water partition coefficient (Wildman–Crippen LogP) is 2.45. The van der Waals surface area contributed by atoms with E-state index in [1.54, 1.807) is 0 Å². The average molecular weight is 279 g/mol. The first-order chi connectivity index (χ1) is 9.50. The number of aliphatic carboxylic acids is 1. The summed E-state index contributed by atoms with van der Waals surface area (Å²) in [5.74, 6) is 0.908. The van der Waals surface area contributed by atoms with Crippen molar-refractivity contribution in [2.45, 2.75) is 38.6 Å². The summed E-state index contributed by atoms with van der Waals surface area (Å²) in [4.78, 5) is 10.7. The van der Waals surface area contributed by atoms with Crippen LogP contribution in [0.3, 0.4) is 0 Å². The highest BCUT2D eigenvalue weighted by Crippen LogP contribution is 2.42. The molecule has 0 radical (unpaired) electrons. The minimum Gasteiger partial charge on any atom is -0.486 e. The monoisotopic (exact) mass is 279 g/mol. The van der Waals surface area contributed by atoms with Gasteiger partial charge < -0.3 is 20.3 Å². The molecule has 5 nitrogen and oxygen atoms in total. The van der Waals surface area contributed by atoms with E-state index in [0.29, 0.717) is 19.6 Å². The highest BCUT2D eigenvalue weighted by molar-refractivity contribution is 5.66. The van der Waals surface area contributed by atoms with Gasteiger partial charge in [-0.2, -0.15) is 0 Å². The van der Waals surface area contributed by atoms with Crippen molar-refractivity contribution in [1.82, 2.24) is 0 Å². The van der Waals surface area contributed by atoms with E-state index in [1.165, 1.54) is 0 Å².